The van der Waals surface area contributed by atoms with Gasteiger partial charge >= 0.3 is 0 Å². The first kappa shape index (κ1) is 67.2. The highest BCUT2D eigenvalue weighted by molar-refractivity contribution is 5.78. The van der Waals surface area contributed by atoms with Crippen molar-refractivity contribution in [3.63, 3.8) is 0 Å². The van der Waals surface area contributed by atoms with Gasteiger partial charge in [-0.2, -0.15) is 0 Å². The Morgan fingerprint density at radius 1 is 0.379 bits per heavy atom. The maximum Gasteiger partial charge on any atom is 0.133 e. The van der Waals surface area contributed by atoms with Gasteiger partial charge in [-0.25, -0.2) is 0 Å². The van der Waals surface area contributed by atoms with Gasteiger partial charge in [-0.05, 0) is 97.6 Å². The van der Waals surface area contributed by atoms with E-state index in [0.29, 0.717) is 43.7 Å². The topological polar surface area (TPSA) is 122 Å². The minimum atomic E-state index is -0.386. The summed E-state index contributed by atoms with van der Waals surface area (Å²) in [6.07, 6.45) is 39.0. The molecule has 0 heterocycles. The smallest absolute Gasteiger partial charge is 0.133 e. The number of carbonyl (C=O) groups is 2. The molecule has 0 saturated heterocycles. The lowest BCUT2D eigenvalue weighted by molar-refractivity contribution is -0.122. The van der Waals surface area contributed by atoms with Crippen LogP contribution in [0, 0.1) is 17.8 Å². The van der Waals surface area contributed by atoms with Crippen molar-refractivity contribution in [2.24, 2.45) is 17.8 Å². The maximum absolute atomic E-state index is 11.7. The Balaban J connectivity index is 0. The van der Waals surface area contributed by atoms with E-state index in [2.05, 4.69) is 51.3 Å². The summed E-state index contributed by atoms with van der Waals surface area (Å²) in [4.78, 5) is 28.0. The van der Waals surface area contributed by atoms with E-state index in [1.807, 2.05) is 6.92 Å². The van der Waals surface area contributed by atoms with Crippen LogP contribution in [-0.4, -0.2) is 105 Å². The van der Waals surface area contributed by atoms with Crippen LogP contribution in [0.3, 0.4) is 0 Å². The fourth-order valence-electron chi connectivity index (χ4n) is 9.95. The molecule has 396 valence electrons. The lowest BCUT2D eigenvalue weighted by Gasteiger charge is -2.27. The molecule has 0 spiro atoms. The van der Waals surface area contributed by atoms with Crippen molar-refractivity contribution in [3.05, 3.63) is 0 Å². The van der Waals surface area contributed by atoms with Gasteiger partial charge in [-0.15, -0.1) is 0 Å². The largest absolute Gasteiger partial charge is 0.392 e. The van der Waals surface area contributed by atoms with E-state index in [0.717, 1.165) is 96.6 Å². The van der Waals surface area contributed by atoms with Crippen molar-refractivity contribution in [2.45, 2.75) is 305 Å². The third-order valence-electron chi connectivity index (χ3n) is 14.2. The van der Waals surface area contributed by atoms with Crippen LogP contribution < -0.4 is 0 Å². The quantitative estimate of drug-likeness (QED) is 0.0445. The second-order valence-electron chi connectivity index (χ2n) is 21.1. The lowest BCUT2D eigenvalue weighted by Crippen LogP contribution is -2.38. The fraction of sp³-hybridized carbons (Fsp3) is 0.966. The Kier molecular flexibility index (Phi) is 50.0. The summed E-state index contributed by atoms with van der Waals surface area (Å²) < 4.78 is 0. The summed E-state index contributed by atoms with van der Waals surface area (Å²) in [5.41, 5.74) is 0. The Bertz CT molecular complexity index is 1000. The molecule has 0 aliphatic carbocycles. The monoisotopic (exact) mass is 939 g/mol. The highest BCUT2D eigenvalue weighted by atomic mass is 16.3. The van der Waals surface area contributed by atoms with Crippen LogP contribution in [-0.2, 0) is 9.59 Å². The van der Waals surface area contributed by atoms with Crippen LogP contribution in [0.5, 0.6) is 0 Å². The molecule has 0 fully saturated rings. The third kappa shape index (κ3) is 44.3. The van der Waals surface area contributed by atoms with Crippen molar-refractivity contribution >= 4 is 11.6 Å². The van der Waals surface area contributed by atoms with Crippen molar-refractivity contribution in [1.82, 2.24) is 9.80 Å². The van der Waals surface area contributed by atoms with Crippen LogP contribution in [0.25, 0.3) is 0 Å². The van der Waals surface area contributed by atoms with Crippen molar-refractivity contribution < 1.29 is 30.0 Å². The molecule has 0 aromatic carbocycles. The minimum Gasteiger partial charge on any atom is -0.392 e. The standard InChI is InChI=1S/C33H67NO3.C25H51NO3/c1-5-8-10-12-14-16-18-20-25-32(36)28-34(27-23-22-24-31(7-3)30(4)35)29-33(37)26-21-19-17-15-13-11-9-6-2;1-6-8-9-10-11-12-13-14-17-24(29)20-26(19-22(4)27)18-15-16-21(3)25(7-2)23(5)28/h31-33,36-37H,5-29H2,1-4H3;21-22,24-25,27,29H,6-20H2,1-5H3/t31-,32?,33?;21-,22?,24?,25?/m10/s1. The van der Waals surface area contributed by atoms with Gasteiger partial charge < -0.3 is 20.4 Å². The Morgan fingerprint density at radius 2 is 0.712 bits per heavy atom. The number of aliphatic hydroxyl groups excluding tert-OH is 4. The van der Waals surface area contributed by atoms with Crippen LogP contribution in [0.2, 0.25) is 0 Å². The molecular weight excluding hydrogens is 821 g/mol. The first-order chi connectivity index (χ1) is 31.7. The van der Waals surface area contributed by atoms with Crippen LogP contribution >= 0.6 is 0 Å². The van der Waals surface area contributed by atoms with Crippen LogP contribution in [0.1, 0.15) is 281 Å². The van der Waals surface area contributed by atoms with Crippen molar-refractivity contribution in [1.29, 1.82) is 0 Å². The van der Waals surface area contributed by atoms with E-state index in [1.165, 1.54) is 135 Å². The molecule has 0 saturated carbocycles. The number of ketones is 2. The maximum atomic E-state index is 11.7. The number of rotatable bonds is 49. The van der Waals surface area contributed by atoms with Gasteiger partial charge in [0.2, 0.25) is 0 Å². The summed E-state index contributed by atoms with van der Waals surface area (Å²) in [7, 11) is 0. The van der Waals surface area contributed by atoms with E-state index >= 15 is 0 Å². The van der Waals surface area contributed by atoms with Gasteiger partial charge in [0.1, 0.15) is 11.6 Å². The zero-order valence-corrected chi connectivity index (χ0v) is 45.8. The zero-order chi connectivity index (χ0) is 49.6. The molecule has 0 aliphatic heterocycles. The molecule has 0 aliphatic rings. The molecule has 8 heteroatoms. The van der Waals surface area contributed by atoms with Crippen molar-refractivity contribution in [3.8, 4) is 0 Å². The number of hydrogen-bond donors (Lipinski definition) is 4. The number of hydrogen-bond acceptors (Lipinski definition) is 8. The third-order valence-corrected chi connectivity index (χ3v) is 14.2. The second-order valence-corrected chi connectivity index (χ2v) is 21.1. The average molecular weight is 940 g/mol. The first-order valence-corrected chi connectivity index (χ1v) is 28.9. The van der Waals surface area contributed by atoms with Crippen molar-refractivity contribution in [2.75, 3.05) is 39.3 Å². The number of nitrogens with zero attached hydrogens (tertiary/aromatic N) is 2. The van der Waals surface area contributed by atoms with E-state index in [9.17, 15) is 30.0 Å². The minimum absolute atomic E-state index is 0.160. The summed E-state index contributed by atoms with van der Waals surface area (Å²) in [6.45, 7) is 22.7. The molecule has 66 heavy (non-hydrogen) atoms. The van der Waals surface area contributed by atoms with Gasteiger partial charge in [0, 0.05) is 38.0 Å². The molecule has 0 rings (SSSR count). The molecule has 7 atom stereocenters. The van der Waals surface area contributed by atoms with Crippen LogP contribution in [0.15, 0.2) is 0 Å². The molecule has 0 radical (unpaired) electrons. The Labute approximate surface area is 412 Å². The van der Waals surface area contributed by atoms with E-state index < -0.39 is 0 Å². The van der Waals surface area contributed by atoms with E-state index in [1.54, 1.807) is 13.8 Å². The number of unbranched alkanes of at least 4 members (excludes halogenated alkanes) is 22. The molecule has 0 aromatic rings. The van der Waals surface area contributed by atoms with E-state index in [4.69, 9.17) is 0 Å². The summed E-state index contributed by atoms with van der Waals surface area (Å²) >= 11 is 0. The molecular formula is C58H118N2O6. The lowest BCUT2D eigenvalue weighted by atomic mass is 9.85. The SMILES string of the molecule is CCCCCCCCCCC(O)CN(CCCC[C@@H](CC)C(C)=O)CC(O)CCCCCCCCCC.CCCCCCCCCCC(O)CN(CCC[C@H](C)C(CC)C(C)=O)CC(C)O. The summed E-state index contributed by atoms with van der Waals surface area (Å²) in [5.74, 6) is 1.34. The van der Waals surface area contributed by atoms with Gasteiger partial charge in [-0.1, -0.05) is 202 Å². The molecule has 0 aromatic heterocycles. The fourth-order valence-corrected chi connectivity index (χ4v) is 9.95. The van der Waals surface area contributed by atoms with Crippen LogP contribution in [0.4, 0.5) is 0 Å². The van der Waals surface area contributed by atoms with Gasteiger partial charge in [0.15, 0.2) is 0 Å². The molecule has 0 bridgehead atoms. The summed E-state index contributed by atoms with van der Waals surface area (Å²) in [5, 5.41) is 41.7. The van der Waals surface area contributed by atoms with Gasteiger partial charge in [-0.3, -0.25) is 19.4 Å². The van der Waals surface area contributed by atoms with Gasteiger partial charge in [0.05, 0.1) is 24.4 Å². The predicted octanol–water partition coefficient (Wildman–Crippen LogP) is 14.4. The predicted molar refractivity (Wildman–Crippen MR) is 285 cm³/mol. The highest BCUT2D eigenvalue weighted by Gasteiger charge is 2.21. The number of aliphatic hydroxyl groups is 4. The number of carbonyl (C=O) groups excluding carboxylic acids is 2. The normalized spacial score (nSPS) is 15.0. The number of Topliss-reactive ketones (excluding diaryl/α,β-unsaturated/α-hetero) is 2. The molecule has 4 N–H and O–H groups in total. The highest BCUT2D eigenvalue weighted by Crippen LogP contribution is 2.22. The Hall–Kier alpha value is -0.900. The molecule has 8 nitrogen and oxygen atoms in total. The molecule has 5 unspecified atom stereocenters. The zero-order valence-electron chi connectivity index (χ0n) is 45.8. The molecule has 0 amide bonds. The first-order valence-electron chi connectivity index (χ1n) is 28.9. The van der Waals surface area contributed by atoms with Gasteiger partial charge in [0.25, 0.3) is 0 Å². The average Bonchev–Trinajstić information content (AvgIpc) is 3.26. The Morgan fingerprint density at radius 3 is 1.03 bits per heavy atom. The summed E-state index contributed by atoms with van der Waals surface area (Å²) in [6, 6.07) is 0. The second kappa shape index (κ2) is 49.1. The van der Waals surface area contributed by atoms with E-state index in [-0.39, 0.29) is 36.3 Å².